The van der Waals surface area contributed by atoms with E-state index in [1.54, 1.807) is 0 Å². The Morgan fingerprint density at radius 3 is 2.94 bits per heavy atom. The van der Waals surface area contributed by atoms with E-state index in [2.05, 4.69) is 16.9 Å². The zero-order valence-corrected chi connectivity index (χ0v) is 9.84. The molecule has 1 aromatic carbocycles. The van der Waals surface area contributed by atoms with Crippen molar-refractivity contribution >= 4 is 22.5 Å². The normalized spacial score (nSPS) is 10.9. The van der Waals surface area contributed by atoms with Crippen LogP contribution in [0.5, 0.6) is 0 Å². The number of aryl methyl sites for hydroxylation is 1. The van der Waals surface area contributed by atoms with Gasteiger partial charge in [-0.2, -0.15) is 0 Å². The number of rotatable bonds is 3. The minimum atomic E-state index is -0.112. The first kappa shape index (κ1) is 11.1. The first-order valence-corrected chi connectivity index (χ1v) is 5.86. The fourth-order valence-electron chi connectivity index (χ4n) is 1.74. The highest BCUT2D eigenvalue weighted by Gasteiger charge is 2.03. The summed E-state index contributed by atoms with van der Waals surface area (Å²) in [6.45, 7) is 2.11. The van der Waals surface area contributed by atoms with E-state index < -0.39 is 0 Å². The summed E-state index contributed by atoms with van der Waals surface area (Å²) in [6, 6.07) is 5.80. The minimum absolute atomic E-state index is 0.112. The van der Waals surface area contributed by atoms with E-state index in [0.29, 0.717) is 16.7 Å². The third-order valence-electron chi connectivity index (χ3n) is 2.48. The minimum Gasteiger partial charge on any atom is -0.309 e. The van der Waals surface area contributed by atoms with Crippen LogP contribution >= 0.6 is 11.6 Å². The van der Waals surface area contributed by atoms with Crippen molar-refractivity contribution in [3.63, 3.8) is 0 Å². The van der Waals surface area contributed by atoms with Gasteiger partial charge in [0.05, 0.1) is 16.8 Å². The molecule has 1 aromatic heterocycles. The molecule has 0 fully saturated rings. The Morgan fingerprint density at radius 2 is 2.25 bits per heavy atom. The second kappa shape index (κ2) is 4.66. The van der Waals surface area contributed by atoms with Gasteiger partial charge in [0.25, 0.3) is 5.56 Å². The molecule has 0 unspecified atom stereocenters. The predicted molar refractivity (Wildman–Crippen MR) is 65.9 cm³/mol. The molecule has 0 radical (unpaired) electrons. The number of aromatic amines is 1. The molecule has 4 heteroatoms. The van der Waals surface area contributed by atoms with E-state index in [1.807, 2.05) is 18.2 Å². The number of fused-ring (bicyclic) bond motifs is 1. The molecule has 0 saturated heterocycles. The quantitative estimate of drug-likeness (QED) is 0.833. The van der Waals surface area contributed by atoms with E-state index in [9.17, 15) is 4.79 Å². The van der Waals surface area contributed by atoms with Gasteiger partial charge in [0.15, 0.2) is 0 Å². The maximum atomic E-state index is 11.8. The number of aromatic nitrogens is 2. The van der Waals surface area contributed by atoms with Crippen molar-refractivity contribution in [3.05, 3.63) is 39.9 Å². The average Bonchev–Trinajstić information content (AvgIpc) is 2.30. The van der Waals surface area contributed by atoms with Gasteiger partial charge in [-0.1, -0.05) is 19.4 Å². The molecule has 3 nitrogen and oxygen atoms in total. The van der Waals surface area contributed by atoms with E-state index in [1.165, 1.54) is 5.56 Å². The van der Waals surface area contributed by atoms with E-state index >= 15 is 0 Å². The fraction of sp³-hybridized carbons (Fsp3) is 0.333. The molecule has 0 amide bonds. The Balaban J connectivity index is 2.61. The molecule has 0 spiro atoms. The Hall–Kier alpha value is -1.35. The van der Waals surface area contributed by atoms with Crippen LogP contribution in [0.4, 0.5) is 0 Å². The summed E-state index contributed by atoms with van der Waals surface area (Å²) in [7, 11) is 0. The zero-order valence-electron chi connectivity index (χ0n) is 9.09. The highest BCUT2D eigenvalue weighted by Crippen LogP contribution is 2.12. The monoisotopic (exact) mass is 236 g/mol. The molecular weight excluding hydrogens is 224 g/mol. The fourth-order valence-corrected chi connectivity index (χ4v) is 1.87. The van der Waals surface area contributed by atoms with Crippen LogP contribution in [0, 0.1) is 0 Å². The maximum absolute atomic E-state index is 11.8. The molecule has 2 rings (SSSR count). The number of nitrogens with one attached hydrogen (secondary N) is 1. The van der Waals surface area contributed by atoms with Crippen LogP contribution in [0.2, 0.25) is 0 Å². The van der Waals surface area contributed by atoms with Gasteiger partial charge in [-0.15, -0.1) is 11.6 Å². The summed E-state index contributed by atoms with van der Waals surface area (Å²) in [5.74, 6) is 0.740. The number of hydrogen-bond donors (Lipinski definition) is 1. The summed E-state index contributed by atoms with van der Waals surface area (Å²) < 4.78 is 0. The second-order valence-corrected chi connectivity index (χ2v) is 4.02. The average molecular weight is 237 g/mol. The Bertz CT molecular complexity index is 562. The highest BCUT2D eigenvalue weighted by atomic mass is 35.5. The van der Waals surface area contributed by atoms with Crippen LogP contribution in [0.1, 0.15) is 24.7 Å². The summed E-state index contributed by atoms with van der Waals surface area (Å²) in [6.07, 6.45) is 2.04. The molecule has 0 aliphatic carbocycles. The zero-order chi connectivity index (χ0) is 11.5. The van der Waals surface area contributed by atoms with Crippen molar-refractivity contribution < 1.29 is 0 Å². The molecule has 1 N–H and O–H groups in total. The molecule has 0 saturated carbocycles. The lowest BCUT2D eigenvalue weighted by Gasteiger charge is -2.02. The topological polar surface area (TPSA) is 45.8 Å². The molecule has 16 heavy (non-hydrogen) atoms. The van der Waals surface area contributed by atoms with Gasteiger partial charge in [-0.25, -0.2) is 4.98 Å². The van der Waals surface area contributed by atoms with Crippen molar-refractivity contribution in [2.24, 2.45) is 0 Å². The van der Waals surface area contributed by atoms with Crippen molar-refractivity contribution in [1.29, 1.82) is 0 Å². The third-order valence-corrected chi connectivity index (χ3v) is 2.74. The Kier molecular flexibility index (Phi) is 3.25. The van der Waals surface area contributed by atoms with Crippen LogP contribution in [0.15, 0.2) is 23.0 Å². The van der Waals surface area contributed by atoms with Gasteiger partial charge >= 0.3 is 0 Å². The first-order chi connectivity index (χ1) is 7.74. The smallest absolute Gasteiger partial charge is 0.258 e. The lowest BCUT2D eigenvalue weighted by molar-refractivity contribution is 0.922. The molecule has 1 heterocycles. The van der Waals surface area contributed by atoms with Gasteiger partial charge in [0.2, 0.25) is 0 Å². The van der Waals surface area contributed by atoms with Crippen LogP contribution in [0.3, 0.4) is 0 Å². The number of halogens is 1. The SMILES string of the molecule is CCCc1ccc2nc(CCl)[nH]c(=O)c2c1. The molecule has 0 aliphatic rings. The van der Waals surface area contributed by atoms with Gasteiger partial charge in [-0.05, 0) is 24.1 Å². The highest BCUT2D eigenvalue weighted by molar-refractivity contribution is 6.16. The number of benzene rings is 1. The molecular formula is C12H13ClN2O. The van der Waals surface area contributed by atoms with E-state index in [-0.39, 0.29) is 11.4 Å². The Morgan fingerprint density at radius 1 is 1.44 bits per heavy atom. The third kappa shape index (κ3) is 2.09. The molecule has 0 aliphatic heterocycles. The summed E-state index contributed by atoms with van der Waals surface area (Å²) in [5, 5.41) is 0.639. The van der Waals surface area contributed by atoms with Crippen LogP contribution < -0.4 is 5.56 Å². The summed E-state index contributed by atoms with van der Waals surface area (Å²) in [5.41, 5.74) is 1.76. The van der Waals surface area contributed by atoms with Crippen molar-refractivity contribution in [3.8, 4) is 0 Å². The largest absolute Gasteiger partial charge is 0.309 e. The lowest BCUT2D eigenvalue weighted by atomic mass is 10.1. The molecule has 0 bridgehead atoms. The first-order valence-electron chi connectivity index (χ1n) is 5.32. The number of nitrogens with zero attached hydrogens (tertiary/aromatic N) is 1. The van der Waals surface area contributed by atoms with E-state index in [4.69, 9.17) is 11.6 Å². The number of H-pyrrole nitrogens is 1. The lowest BCUT2D eigenvalue weighted by Crippen LogP contribution is -2.11. The van der Waals surface area contributed by atoms with Crippen molar-refractivity contribution in [2.75, 3.05) is 0 Å². The van der Waals surface area contributed by atoms with Gasteiger partial charge in [-0.3, -0.25) is 4.79 Å². The summed E-state index contributed by atoms with van der Waals surface area (Å²) >= 11 is 5.65. The van der Waals surface area contributed by atoms with Gasteiger partial charge < -0.3 is 4.98 Å². The van der Waals surface area contributed by atoms with Crippen LogP contribution in [-0.2, 0) is 12.3 Å². The van der Waals surface area contributed by atoms with Gasteiger partial charge in [0, 0.05) is 0 Å². The molecule has 2 aromatic rings. The van der Waals surface area contributed by atoms with Gasteiger partial charge in [0.1, 0.15) is 5.82 Å². The number of hydrogen-bond acceptors (Lipinski definition) is 2. The standard InChI is InChI=1S/C12H13ClN2O/c1-2-3-8-4-5-10-9(6-8)12(16)15-11(7-13)14-10/h4-6H,2-3,7H2,1H3,(H,14,15,16). The number of alkyl halides is 1. The Labute approximate surface area is 98.5 Å². The summed E-state index contributed by atoms with van der Waals surface area (Å²) in [4.78, 5) is 18.7. The van der Waals surface area contributed by atoms with Crippen LogP contribution in [0.25, 0.3) is 10.9 Å². The van der Waals surface area contributed by atoms with E-state index in [0.717, 1.165) is 12.8 Å². The molecule has 84 valence electrons. The maximum Gasteiger partial charge on any atom is 0.258 e. The van der Waals surface area contributed by atoms with Crippen molar-refractivity contribution in [1.82, 2.24) is 9.97 Å². The molecule has 0 atom stereocenters. The predicted octanol–water partition coefficient (Wildman–Crippen LogP) is 2.61. The second-order valence-electron chi connectivity index (χ2n) is 3.75. The van der Waals surface area contributed by atoms with Crippen molar-refractivity contribution in [2.45, 2.75) is 25.6 Å². The van der Waals surface area contributed by atoms with Crippen LogP contribution in [-0.4, -0.2) is 9.97 Å².